The first kappa shape index (κ1) is 15.3. The van der Waals surface area contributed by atoms with Gasteiger partial charge < -0.3 is 10.9 Å². The fourth-order valence-corrected chi connectivity index (χ4v) is 4.91. The molecule has 0 spiro atoms. The molecule has 0 bridgehead atoms. The second-order valence-corrected chi connectivity index (χ2v) is 8.14. The Morgan fingerprint density at radius 2 is 2.20 bits per heavy atom. The molecular formula is C12H19N3O3S2. The van der Waals surface area contributed by atoms with Crippen LogP contribution in [-0.2, 0) is 10.0 Å². The minimum absolute atomic E-state index is 0.0652. The third kappa shape index (κ3) is 2.97. The fourth-order valence-electron chi connectivity index (χ4n) is 2.49. The Morgan fingerprint density at radius 1 is 1.55 bits per heavy atom. The molecule has 6 nitrogen and oxygen atoms in total. The number of nitrogens with two attached hydrogens (primary N) is 1. The van der Waals surface area contributed by atoms with Gasteiger partial charge in [0.15, 0.2) is 5.84 Å². The zero-order chi connectivity index (χ0) is 14.8. The van der Waals surface area contributed by atoms with Crippen LogP contribution in [0.15, 0.2) is 26.9 Å². The van der Waals surface area contributed by atoms with Gasteiger partial charge in [-0.25, -0.2) is 8.42 Å². The van der Waals surface area contributed by atoms with Crippen LogP contribution in [0.5, 0.6) is 0 Å². The number of nitrogens with zero attached hydrogens (tertiary/aromatic N) is 1. The number of rotatable bonds is 4. The molecule has 112 valence electrons. The van der Waals surface area contributed by atoms with Crippen LogP contribution in [0.25, 0.3) is 0 Å². The van der Waals surface area contributed by atoms with E-state index in [4.69, 9.17) is 10.9 Å². The van der Waals surface area contributed by atoms with Crippen LogP contribution in [-0.4, -0.2) is 25.0 Å². The third-order valence-electron chi connectivity index (χ3n) is 3.82. The minimum atomic E-state index is -3.65. The average Bonchev–Trinajstić information content (AvgIpc) is 2.95. The van der Waals surface area contributed by atoms with Gasteiger partial charge in [0.25, 0.3) is 10.0 Å². The molecule has 0 radical (unpaired) electrons. The molecule has 4 N–H and O–H groups in total. The summed E-state index contributed by atoms with van der Waals surface area (Å²) in [5.74, 6) is 0.449. The van der Waals surface area contributed by atoms with Crippen molar-refractivity contribution in [1.82, 2.24) is 4.72 Å². The lowest BCUT2D eigenvalue weighted by Crippen LogP contribution is -2.58. The molecule has 1 heterocycles. The van der Waals surface area contributed by atoms with Gasteiger partial charge >= 0.3 is 0 Å². The maximum Gasteiger partial charge on any atom is 0.250 e. The van der Waals surface area contributed by atoms with Crippen molar-refractivity contribution in [3.8, 4) is 0 Å². The van der Waals surface area contributed by atoms with Crippen LogP contribution in [0.3, 0.4) is 0 Å². The molecule has 1 aromatic rings. The van der Waals surface area contributed by atoms with E-state index in [1.165, 1.54) is 0 Å². The minimum Gasteiger partial charge on any atom is -0.409 e. The van der Waals surface area contributed by atoms with Crippen LogP contribution >= 0.6 is 11.3 Å². The van der Waals surface area contributed by atoms with Crippen molar-refractivity contribution in [2.24, 2.45) is 16.8 Å². The van der Waals surface area contributed by atoms with E-state index in [2.05, 4.69) is 16.8 Å². The van der Waals surface area contributed by atoms with Gasteiger partial charge in [0.1, 0.15) is 4.21 Å². The average molecular weight is 317 g/mol. The first-order chi connectivity index (χ1) is 9.39. The summed E-state index contributed by atoms with van der Waals surface area (Å²) in [5, 5.41) is 13.7. The molecule has 1 saturated carbocycles. The van der Waals surface area contributed by atoms with Gasteiger partial charge in [0.2, 0.25) is 0 Å². The monoisotopic (exact) mass is 317 g/mol. The first-order valence-corrected chi connectivity index (χ1v) is 8.81. The SMILES string of the molecule is CC1CCC(NS(=O)(=O)c2cccs2)(/C(N)=N/O)CC1. The Bertz CT molecular complexity index is 573. The summed E-state index contributed by atoms with van der Waals surface area (Å²) in [7, 11) is -3.65. The second-order valence-electron chi connectivity index (χ2n) is 5.29. The highest BCUT2D eigenvalue weighted by Crippen LogP contribution is 2.33. The van der Waals surface area contributed by atoms with Gasteiger partial charge in [-0.05, 0) is 43.0 Å². The molecule has 0 saturated heterocycles. The second kappa shape index (κ2) is 5.71. The summed E-state index contributed by atoms with van der Waals surface area (Å²) >= 11 is 1.14. The summed E-state index contributed by atoms with van der Waals surface area (Å²) in [6, 6.07) is 3.22. The summed E-state index contributed by atoms with van der Waals surface area (Å²) in [6.45, 7) is 2.12. The maximum atomic E-state index is 12.4. The Labute approximate surface area is 122 Å². The van der Waals surface area contributed by atoms with Crippen molar-refractivity contribution in [2.45, 2.75) is 42.4 Å². The van der Waals surface area contributed by atoms with Crippen LogP contribution in [0.1, 0.15) is 32.6 Å². The van der Waals surface area contributed by atoms with E-state index in [-0.39, 0.29) is 10.0 Å². The predicted molar refractivity (Wildman–Crippen MR) is 78.4 cm³/mol. The molecule has 1 aliphatic carbocycles. The lowest BCUT2D eigenvalue weighted by Gasteiger charge is -2.38. The molecule has 1 aliphatic rings. The third-order valence-corrected chi connectivity index (χ3v) is 6.75. The van der Waals surface area contributed by atoms with Gasteiger partial charge in [-0.3, -0.25) is 0 Å². The summed E-state index contributed by atoms with van der Waals surface area (Å²) < 4.78 is 27.6. The van der Waals surface area contributed by atoms with Crippen molar-refractivity contribution in [3.05, 3.63) is 17.5 Å². The number of hydrogen-bond acceptors (Lipinski definition) is 5. The lowest BCUT2D eigenvalue weighted by molar-refractivity contribution is 0.267. The molecule has 0 aliphatic heterocycles. The molecule has 8 heteroatoms. The smallest absolute Gasteiger partial charge is 0.250 e. The number of amidine groups is 1. The van der Waals surface area contributed by atoms with E-state index in [1.54, 1.807) is 17.5 Å². The molecular weight excluding hydrogens is 298 g/mol. The summed E-state index contributed by atoms with van der Waals surface area (Å²) in [6.07, 6.45) is 2.75. The molecule has 0 aromatic carbocycles. The molecule has 1 fully saturated rings. The molecule has 0 amide bonds. The standard InChI is InChI=1S/C12H19N3O3S2/c1-9-4-6-12(7-5-9,11(13)14-16)15-20(17,18)10-3-2-8-19-10/h2-3,8-9,15-16H,4-7H2,1H3,(H2,13,14). The molecule has 2 rings (SSSR count). The predicted octanol–water partition coefficient (Wildman–Crippen LogP) is 1.72. The molecule has 0 atom stereocenters. The molecule has 1 aromatic heterocycles. The van der Waals surface area contributed by atoms with Crippen LogP contribution < -0.4 is 10.5 Å². The van der Waals surface area contributed by atoms with Gasteiger partial charge in [-0.2, -0.15) is 4.72 Å². The van der Waals surface area contributed by atoms with Crippen LogP contribution in [0, 0.1) is 5.92 Å². The van der Waals surface area contributed by atoms with E-state index in [0.29, 0.717) is 18.8 Å². The van der Waals surface area contributed by atoms with E-state index in [9.17, 15) is 8.42 Å². The van der Waals surface area contributed by atoms with Gasteiger partial charge in [0.05, 0.1) is 5.54 Å². The highest BCUT2D eigenvalue weighted by atomic mass is 32.2. The van der Waals surface area contributed by atoms with E-state index in [0.717, 1.165) is 24.2 Å². The quantitative estimate of drug-likeness (QED) is 0.340. The fraction of sp³-hybridized carbons (Fsp3) is 0.583. The normalized spacial score (nSPS) is 28.4. The number of hydrogen-bond donors (Lipinski definition) is 3. The van der Waals surface area contributed by atoms with E-state index >= 15 is 0 Å². The number of oxime groups is 1. The maximum absolute atomic E-state index is 12.4. The molecule has 20 heavy (non-hydrogen) atoms. The van der Waals surface area contributed by atoms with E-state index < -0.39 is 15.6 Å². The van der Waals surface area contributed by atoms with Crippen LogP contribution in [0.4, 0.5) is 0 Å². The zero-order valence-electron chi connectivity index (χ0n) is 11.2. The van der Waals surface area contributed by atoms with Gasteiger partial charge in [-0.1, -0.05) is 18.1 Å². The Balaban J connectivity index is 2.30. The topological polar surface area (TPSA) is 105 Å². The molecule has 0 unspecified atom stereocenters. The number of nitrogens with one attached hydrogen (secondary N) is 1. The van der Waals surface area contributed by atoms with Crippen molar-refractivity contribution < 1.29 is 13.6 Å². The first-order valence-electron chi connectivity index (χ1n) is 6.45. The van der Waals surface area contributed by atoms with Crippen molar-refractivity contribution in [3.63, 3.8) is 0 Å². The summed E-state index contributed by atoms with van der Waals surface area (Å²) in [5.41, 5.74) is 4.78. The summed E-state index contributed by atoms with van der Waals surface area (Å²) in [4.78, 5) is 0. The Morgan fingerprint density at radius 3 is 2.70 bits per heavy atom. The number of sulfonamides is 1. The zero-order valence-corrected chi connectivity index (χ0v) is 12.9. The van der Waals surface area contributed by atoms with Crippen LogP contribution in [0.2, 0.25) is 0 Å². The van der Waals surface area contributed by atoms with Crippen molar-refractivity contribution in [2.75, 3.05) is 0 Å². The van der Waals surface area contributed by atoms with Crippen molar-refractivity contribution in [1.29, 1.82) is 0 Å². The Hall–Kier alpha value is -1.12. The highest BCUT2D eigenvalue weighted by molar-refractivity contribution is 7.91. The van der Waals surface area contributed by atoms with Gasteiger partial charge in [-0.15, -0.1) is 11.3 Å². The van der Waals surface area contributed by atoms with E-state index in [1.807, 2.05) is 0 Å². The lowest BCUT2D eigenvalue weighted by atomic mass is 9.77. The van der Waals surface area contributed by atoms with Crippen molar-refractivity contribution >= 4 is 27.2 Å². The highest BCUT2D eigenvalue weighted by Gasteiger charge is 2.42. The van der Waals surface area contributed by atoms with Gasteiger partial charge in [0, 0.05) is 0 Å². The largest absolute Gasteiger partial charge is 0.409 e. The Kier molecular flexibility index (Phi) is 4.36. The number of thiophene rings is 1.